The fraction of sp³-hybridized carbons (Fsp3) is 0.286. The summed E-state index contributed by atoms with van der Waals surface area (Å²) in [5.41, 5.74) is 2.09. The second-order valence-corrected chi connectivity index (χ2v) is 4.27. The fourth-order valence-corrected chi connectivity index (χ4v) is 1.61. The van der Waals surface area contributed by atoms with Crippen molar-refractivity contribution in [1.82, 2.24) is 9.97 Å². The number of nitrogens with one attached hydrogen (secondary N) is 1. The Morgan fingerprint density at radius 2 is 1.76 bits per heavy atom. The van der Waals surface area contributed by atoms with E-state index in [1.54, 1.807) is 0 Å². The largest absolute Gasteiger partial charge is 0.373 e. The molecule has 0 atom stereocenters. The Bertz CT molecular complexity index is 492. The van der Waals surface area contributed by atoms with Crippen LogP contribution >= 0.6 is 0 Å². The fourth-order valence-electron chi connectivity index (χ4n) is 1.61. The minimum Gasteiger partial charge on any atom is -0.373 e. The molecular weight excluding hydrogens is 210 g/mol. The standard InChI is InChI=1S/C14H17N3/c1-10(2)14-16-12(9-13(15-3)17-14)11-7-5-4-6-8-11/h4-10H,1-3H3,(H,15,16,17). The first kappa shape index (κ1) is 11.6. The van der Waals surface area contributed by atoms with Crippen LogP contribution in [0.2, 0.25) is 0 Å². The summed E-state index contributed by atoms with van der Waals surface area (Å²) < 4.78 is 0. The predicted molar refractivity (Wildman–Crippen MR) is 71.1 cm³/mol. The lowest BCUT2D eigenvalue weighted by atomic mass is 10.1. The molecule has 0 aliphatic carbocycles. The highest BCUT2D eigenvalue weighted by Crippen LogP contribution is 2.21. The zero-order valence-electron chi connectivity index (χ0n) is 10.4. The molecule has 88 valence electrons. The van der Waals surface area contributed by atoms with Crippen LogP contribution in [0.25, 0.3) is 11.3 Å². The van der Waals surface area contributed by atoms with E-state index < -0.39 is 0 Å². The van der Waals surface area contributed by atoms with Crippen LogP contribution in [0.4, 0.5) is 5.82 Å². The Morgan fingerprint density at radius 3 is 2.35 bits per heavy atom. The summed E-state index contributed by atoms with van der Waals surface area (Å²) in [7, 11) is 1.88. The highest BCUT2D eigenvalue weighted by atomic mass is 15.0. The van der Waals surface area contributed by atoms with Gasteiger partial charge in [0.15, 0.2) is 0 Å². The lowest BCUT2D eigenvalue weighted by Gasteiger charge is -2.09. The van der Waals surface area contributed by atoms with Crippen LogP contribution in [-0.2, 0) is 0 Å². The molecule has 0 saturated carbocycles. The van der Waals surface area contributed by atoms with E-state index in [4.69, 9.17) is 0 Å². The SMILES string of the molecule is CNc1cc(-c2ccccc2)nc(C(C)C)n1. The molecule has 0 radical (unpaired) electrons. The first-order valence-corrected chi connectivity index (χ1v) is 5.83. The molecule has 0 spiro atoms. The molecule has 2 aromatic rings. The molecule has 1 aromatic heterocycles. The van der Waals surface area contributed by atoms with Crippen molar-refractivity contribution in [2.45, 2.75) is 19.8 Å². The molecule has 1 aromatic carbocycles. The van der Waals surface area contributed by atoms with Crippen LogP contribution in [0.3, 0.4) is 0 Å². The van der Waals surface area contributed by atoms with E-state index >= 15 is 0 Å². The van der Waals surface area contributed by atoms with Crippen molar-refractivity contribution in [3.63, 3.8) is 0 Å². The average molecular weight is 227 g/mol. The molecule has 0 bridgehead atoms. The number of rotatable bonds is 3. The smallest absolute Gasteiger partial charge is 0.133 e. The van der Waals surface area contributed by atoms with Crippen molar-refractivity contribution in [3.8, 4) is 11.3 Å². The molecule has 0 amide bonds. The molecule has 0 saturated heterocycles. The molecule has 0 unspecified atom stereocenters. The van der Waals surface area contributed by atoms with E-state index in [1.165, 1.54) is 0 Å². The zero-order chi connectivity index (χ0) is 12.3. The molecule has 1 heterocycles. The van der Waals surface area contributed by atoms with Gasteiger partial charge < -0.3 is 5.32 Å². The topological polar surface area (TPSA) is 37.8 Å². The van der Waals surface area contributed by atoms with Crippen molar-refractivity contribution in [2.24, 2.45) is 0 Å². The van der Waals surface area contributed by atoms with Crippen molar-refractivity contribution >= 4 is 5.82 Å². The maximum Gasteiger partial charge on any atom is 0.133 e. The third kappa shape index (κ3) is 2.61. The minimum atomic E-state index is 0.325. The molecule has 1 N–H and O–H groups in total. The van der Waals surface area contributed by atoms with Crippen LogP contribution in [0.1, 0.15) is 25.6 Å². The molecule has 3 nitrogen and oxygen atoms in total. The van der Waals surface area contributed by atoms with Crippen molar-refractivity contribution in [1.29, 1.82) is 0 Å². The van der Waals surface area contributed by atoms with Gasteiger partial charge in [-0.05, 0) is 0 Å². The van der Waals surface area contributed by atoms with Gasteiger partial charge in [0, 0.05) is 24.6 Å². The van der Waals surface area contributed by atoms with Crippen molar-refractivity contribution < 1.29 is 0 Å². The summed E-state index contributed by atoms with van der Waals surface area (Å²) >= 11 is 0. The van der Waals surface area contributed by atoms with E-state index in [2.05, 4.69) is 41.3 Å². The Morgan fingerprint density at radius 1 is 1.06 bits per heavy atom. The van der Waals surface area contributed by atoms with E-state index in [-0.39, 0.29) is 0 Å². The summed E-state index contributed by atoms with van der Waals surface area (Å²) in [5, 5.41) is 3.08. The monoisotopic (exact) mass is 227 g/mol. The summed E-state index contributed by atoms with van der Waals surface area (Å²) in [4.78, 5) is 9.05. The lowest BCUT2D eigenvalue weighted by molar-refractivity contribution is 0.777. The Balaban J connectivity index is 2.50. The third-order valence-electron chi connectivity index (χ3n) is 2.59. The second-order valence-electron chi connectivity index (χ2n) is 4.27. The molecule has 2 rings (SSSR count). The van der Waals surface area contributed by atoms with Gasteiger partial charge in [0.05, 0.1) is 5.69 Å². The molecule has 0 aliphatic rings. The number of aromatic nitrogens is 2. The Kier molecular flexibility index (Phi) is 3.38. The van der Waals surface area contributed by atoms with Crippen LogP contribution < -0.4 is 5.32 Å². The highest BCUT2D eigenvalue weighted by molar-refractivity contribution is 5.62. The number of benzene rings is 1. The summed E-state index contributed by atoms with van der Waals surface area (Å²) in [6, 6.07) is 12.1. The first-order chi connectivity index (χ1) is 8.20. The second kappa shape index (κ2) is 4.95. The van der Waals surface area contributed by atoms with E-state index in [0.29, 0.717) is 5.92 Å². The summed E-state index contributed by atoms with van der Waals surface area (Å²) in [6.45, 7) is 4.20. The van der Waals surface area contributed by atoms with Gasteiger partial charge in [0.25, 0.3) is 0 Å². The average Bonchev–Trinajstić information content (AvgIpc) is 2.39. The van der Waals surface area contributed by atoms with Crippen molar-refractivity contribution in [3.05, 3.63) is 42.2 Å². The molecular formula is C14H17N3. The maximum absolute atomic E-state index is 4.60. The summed E-state index contributed by atoms with van der Waals surface area (Å²) in [6.07, 6.45) is 0. The van der Waals surface area contributed by atoms with Crippen LogP contribution in [0, 0.1) is 0 Å². The number of anilines is 1. The van der Waals surface area contributed by atoms with Crippen LogP contribution in [-0.4, -0.2) is 17.0 Å². The van der Waals surface area contributed by atoms with Gasteiger partial charge in [-0.3, -0.25) is 0 Å². The van der Waals surface area contributed by atoms with E-state index in [0.717, 1.165) is 22.9 Å². The van der Waals surface area contributed by atoms with Gasteiger partial charge in [-0.2, -0.15) is 0 Å². The van der Waals surface area contributed by atoms with Gasteiger partial charge >= 0.3 is 0 Å². The van der Waals surface area contributed by atoms with Crippen molar-refractivity contribution in [2.75, 3.05) is 12.4 Å². The third-order valence-corrected chi connectivity index (χ3v) is 2.59. The molecule has 17 heavy (non-hydrogen) atoms. The Labute approximate surface area is 102 Å². The van der Waals surface area contributed by atoms with Crippen LogP contribution in [0.5, 0.6) is 0 Å². The summed E-state index contributed by atoms with van der Waals surface area (Å²) in [5.74, 6) is 2.06. The van der Waals surface area contributed by atoms with Gasteiger partial charge in [-0.1, -0.05) is 44.2 Å². The van der Waals surface area contributed by atoms with E-state index in [1.807, 2.05) is 31.3 Å². The minimum absolute atomic E-state index is 0.325. The molecule has 0 fully saturated rings. The number of hydrogen-bond acceptors (Lipinski definition) is 3. The van der Waals surface area contributed by atoms with E-state index in [9.17, 15) is 0 Å². The molecule has 0 aliphatic heterocycles. The first-order valence-electron chi connectivity index (χ1n) is 5.83. The van der Waals surface area contributed by atoms with Crippen LogP contribution in [0.15, 0.2) is 36.4 Å². The maximum atomic E-state index is 4.60. The van der Waals surface area contributed by atoms with Gasteiger partial charge in [-0.25, -0.2) is 9.97 Å². The van der Waals surface area contributed by atoms with Gasteiger partial charge in [0.2, 0.25) is 0 Å². The quantitative estimate of drug-likeness (QED) is 0.874. The lowest BCUT2D eigenvalue weighted by Crippen LogP contribution is -2.03. The Hall–Kier alpha value is -1.90. The van der Waals surface area contributed by atoms with Gasteiger partial charge in [0.1, 0.15) is 11.6 Å². The van der Waals surface area contributed by atoms with Gasteiger partial charge in [-0.15, -0.1) is 0 Å². The number of nitrogens with zero attached hydrogens (tertiary/aromatic N) is 2. The zero-order valence-corrected chi connectivity index (χ0v) is 10.4. The number of hydrogen-bond donors (Lipinski definition) is 1. The predicted octanol–water partition coefficient (Wildman–Crippen LogP) is 3.31. The highest BCUT2D eigenvalue weighted by Gasteiger charge is 2.08. The molecule has 3 heteroatoms. The normalized spacial score (nSPS) is 10.6.